The molecule has 1 aromatic rings. The van der Waals surface area contributed by atoms with Gasteiger partial charge in [0.1, 0.15) is 5.75 Å². The van der Waals surface area contributed by atoms with Crippen LogP contribution in [0.25, 0.3) is 0 Å². The Kier molecular flexibility index (Phi) is 6.62. The Labute approximate surface area is 109 Å². The van der Waals surface area contributed by atoms with Crippen molar-refractivity contribution in [3.63, 3.8) is 0 Å². The molecule has 0 aliphatic carbocycles. The van der Waals surface area contributed by atoms with Crippen LogP contribution >= 0.6 is 0 Å². The fourth-order valence-electron chi connectivity index (χ4n) is 1.52. The van der Waals surface area contributed by atoms with Gasteiger partial charge in [-0.15, -0.1) is 0 Å². The van der Waals surface area contributed by atoms with Gasteiger partial charge in [-0.05, 0) is 37.5 Å². The van der Waals surface area contributed by atoms with E-state index in [2.05, 4.69) is 12.2 Å². The zero-order valence-electron chi connectivity index (χ0n) is 11.1. The molecule has 0 aliphatic rings. The molecule has 98 valence electrons. The Bertz CT molecular complexity index is 399. The monoisotopic (exact) mass is 247 g/mol. The van der Waals surface area contributed by atoms with Crippen molar-refractivity contribution in [1.82, 2.24) is 5.32 Å². The van der Waals surface area contributed by atoms with Gasteiger partial charge in [0.05, 0.1) is 0 Å². The summed E-state index contributed by atoms with van der Waals surface area (Å²) in [5.74, 6) is 0.666. The van der Waals surface area contributed by atoms with Gasteiger partial charge in [-0.1, -0.05) is 31.2 Å². The first-order valence-corrected chi connectivity index (χ1v) is 6.35. The summed E-state index contributed by atoms with van der Waals surface area (Å²) < 4.78 is 5.44. The maximum Gasteiger partial charge on any atom is 0.257 e. The van der Waals surface area contributed by atoms with Crippen LogP contribution in [0, 0.1) is 0 Å². The molecule has 1 aromatic carbocycles. The number of benzene rings is 1. The Morgan fingerprint density at radius 3 is 3.00 bits per heavy atom. The molecule has 0 fully saturated rings. The molecule has 0 bridgehead atoms. The minimum Gasteiger partial charge on any atom is -0.484 e. The summed E-state index contributed by atoms with van der Waals surface area (Å²) in [5.41, 5.74) is 1.21. The van der Waals surface area contributed by atoms with E-state index in [0.29, 0.717) is 6.54 Å². The van der Waals surface area contributed by atoms with E-state index in [1.165, 1.54) is 5.56 Å². The molecular formula is C15H21NO2. The van der Waals surface area contributed by atoms with E-state index in [1.807, 2.05) is 43.3 Å². The quantitative estimate of drug-likeness (QED) is 0.594. The molecule has 1 rings (SSSR count). The molecule has 0 saturated carbocycles. The van der Waals surface area contributed by atoms with Crippen LogP contribution in [0.15, 0.2) is 36.4 Å². The number of rotatable bonds is 7. The highest BCUT2D eigenvalue weighted by atomic mass is 16.5. The lowest BCUT2D eigenvalue weighted by molar-refractivity contribution is -0.123. The minimum absolute atomic E-state index is 0.0724. The number of nitrogens with one attached hydrogen (secondary N) is 1. The molecule has 0 spiro atoms. The third-order valence-corrected chi connectivity index (χ3v) is 2.55. The van der Waals surface area contributed by atoms with Crippen LogP contribution < -0.4 is 10.1 Å². The van der Waals surface area contributed by atoms with E-state index in [-0.39, 0.29) is 12.5 Å². The molecule has 18 heavy (non-hydrogen) atoms. The summed E-state index contributed by atoms with van der Waals surface area (Å²) in [6, 6.07) is 7.82. The first-order chi connectivity index (χ1) is 8.76. The summed E-state index contributed by atoms with van der Waals surface area (Å²) in [6.45, 7) is 4.78. The Morgan fingerprint density at radius 2 is 2.28 bits per heavy atom. The Hall–Kier alpha value is -1.77. The van der Waals surface area contributed by atoms with Crippen molar-refractivity contribution in [3.8, 4) is 5.75 Å². The smallest absolute Gasteiger partial charge is 0.257 e. The number of carbonyl (C=O) groups excluding carboxylic acids is 1. The van der Waals surface area contributed by atoms with Gasteiger partial charge < -0.3 is 10.1 Å². The molecular weight excluding hydrogens is 226 g/mol. The zero-order valence-corrected chi connectivity index (χ0v) is 11.1. The van der Waals surface area contributed by atoms with Crippen molar-refractivity contribution >= 4 is 5.91 Å². The molecule has 3 nitrogen and oxygen atoms in total. The van der Waals surface area contributed by atoms with Crippen molar-refractivity contribution in [2.24, 2.45) is 0 Å². The Morgan fingerprint density at radius 1 is 1.44 bits per heavy atom. The first kappa shape index (κ1) is 14.3. The minimum atomic E-state index is -0.0820. The van der Waals surface area contributed by atoms with Crippen LogP contribution in [0.2, 0.25) is 0 Å². The molecule has 1 N–H and O–H groups in total. The highest BCUT2D eigenvalue weighted by Crippen LogP contribution is 2.13. The molecule has 0 aromatic heterocycles. The predicted molar refractivity (Wildman–Crippen MR) is 73.8 cm³/mol. The van der Waals surface area contributed by atoms with Crippen molar-refractivity contribution in [2.45, 2.75) is 26.7 Å². The zero-order chi connectivity index (χ0) is 13.2. The normalized spacial score (nSPS) is 10.6. The van der Waals surface area contributed by atoms with E-state index in [0.717, 1.165) is 18.6 Å². The molecule has 0 aliphatic heterocycles. The Balaban J connectivity index is 2.28. The molecule has 0 saturated heterocycles. The molecule has 0 radical (unpaired) electrons. The van der Waals surface area contributed by atoms with Crippen molar-refractivity contribution in [1.29, 1.82) is 0 Å². The number of allylic oxidation sites excluding steroid dienone is 1. The lowest BCUT2D eigenvalue weighted by Gasteiger charge is -2.07. The molecule has 3 heteroatoms. The lowest BCUT2D eigenvalue weighted by atomic mass is 10.2. The van der Waals surface area contributed by atoms with Crippen LogP contribution in [0.3, 0.4) is 0 Å². The fourth-order valence-corrected chi connectivity index (χ4v) is 1.52. The molecule has 0 atom stereocenters. The third-order valence-electron chi connectivity index (χ3n) is 2.55. The summed E-state index contributed by atoms with van der Waals surface area (Å²) in [6.07, 6.45) is 5.81. The molecule has 0 unspecified atom stereocenters. The highest BCUT2D eigenvalue weighted by Gasteiger charge is 2.01. The number of aryl methyl sites for hydroxylation is 1. The average molecular weight is 247 g/mol. The fraction of sp³-hybridized carbons (Fsp3) is 0.400. The number of carbonyl (C=O) groups is 1. The second-order valence-electron chi connectivity index (χ2n) is 4.00. The SMILES string of the molecule is C/C=C/CCNC(=O)COc1cccc(CC)c1. The predicted octanol–water partition coefficient (Wildman–Crippen LogP) is 2.71. The first-order valence-electron chi connectivity index (χ1n) is 6.35. The third kappa shape index (κ3) is 5.53. The van der Waals surface area contributed by atoms with Crippen molar-refractivity contribution in [3.05, 3.63) is 42.0 Å². The lowest BCUT2D eigenvalue weighted by Crippen LogP contribution is -2.29. The van der Waals surface area contributed by atoms with E-state index in [4.69, 9.17) is 4.74 Å². The van der Waals surface area contributed by atoms with Gasteiger partial charge in [0, 0.05) is 6.54 Å². The van der Waals surface area contributed by atoms with Crippen LogP contribution in [-0.2, 0) is 11.2 Å². The van der Waals surface area contributed by atoms with Gasteiger partial charge in [-0.25, -0.2) is 0 Å². The van der Waals surface area contributed by atoms with E-state index in [1.54, 1.807) is 0 Å². The van der Waals surface area contributed by atoms with Crippen molar-refractivity contribution < 1.29 is 9.53 Å². The van der Waals surface area contributed by atoms with Gasteiger partial charge in [-0.3, -0.25) is 4.79 Å². The van der Waals surface area contributed by atoms with Gasteiger partial charge in [0.25, 0.3) is 5.91 Å². The van der Waals surface area contributed by atoms with Crippen LogP contribution in [-0.4, -0.2) is 19.1 Å². The van der Waals surface area contributed by atoms with Gasteiger partial charge in [0.2, 0.25) is 0 Å². The van der Waals surface area contributed by atoms with Crippen LogP contribution in [0.1, 0.15) is 25.8 Å². The summed E-state index contributed by atoms with van der Waals surface area (Å²) >= 11 is 0. The van der Waals surface area contributed by atoms with E-state index >= 15 is 0 Å². The maximum atomic E-state index is 11.5. The van der Waals surface area contributed by atoms with Crippen LogP contribution in [0.5, 0.6) is 5.75 Å². The van der Waals surface area contributed by atoms with Crippen LogP contribution in [0.4, 0.5) is 0 Å². The highest BCUT2D eigenvalue weighted by molar-refractivity contribution is 5.77. The molecule has 0 heterocycles. The standard InChI is InChI=1S/C15H21NO2/c1-3-5-6-10-16-15(17)12-18-14-9-7-8-13(4-2)11-14/h3,5,7-9,11H,4,6,10,12H2,1-2H3,(H,16,17)/b5-3+. The number of hydrogen-bond acceptors (Lipinski definition) is 2. The maximum absolute atomic E-state index is 11.5. The summed E-state index contributed by atoms with van der Waals surface area (Å²) in [5, 5.41) is 2.80. The number of ether oxygens (including phenoxy) is 1. The van der Waals surface area contributed by atoms with Gasteiger partial charge in [0.15, 0.2) is 6.61 Å². The van der Waals surface area contributed by atoms with Gasteiger partial charge >= 0.3 is 0 Å². The number of hydrogen-bond donors (Lipinski definition) is 1. The topological polar surface area (TPSA) is 38.3 Å². The van der Waals surface area contributed by atoms with Gasteiger partial charge in [-0.2, -0.15) is 0 Å². The van der Waals surface area contributed by atoms with E-state index < -0.39 is 0 Å². The summed E-state index contributed by atoms with van der Waals surface area (Å²) in [4.78, 5) is 11.5. The largest absolute Gasteiger partial charge is 0.484 e. The second kappa shape index (κ2) is 8.34. The van der Waals surface area contributed by atoms with E-state index in [9.17, 15) is 4.79 Å². The summed E-state index contributed by atoms with van der Waals surface area (Å²) in [7, 11) is 0. The number of amides is 1. The molecule has 1 amide bonds. The van der Waals surface area contributed by atoms with Crippen molar-refractivity contribution in [2.75, 3.05) is 13.2 Å². The second-order valence-corrected chi connectivity index (χ2v) is 4.00. The average Bonchev–Trinajstić information content (AvgIpc) is 2.41.